The van der Waals surface area contributed by atoms with Crippen molar-refractivity contribution in [2.75, 3.05) is 0 Å². The number of carboxylic acid groups (broad SMARTS) is 2. The Kier molecular flexibility index (Phi) is 4.91. The Morgan fingerprint density at radius 3 is 1.74 bits per heavy atom. The van der Waals surface area contributed by atoms with E-state index >= 15 is 0 Å². The van der Waals surface area contributed by atoms with Crippen LogP contribution < -0.4 is 0 Å². The van der Waals surface area contributed by atoms with Gasteiger partial charge >= 0.3 is 24.3 Å². The maximum Gasteiger partial charge on any atom is 0.433 e. The molecule has 0 saturated carbocycles. The Balaban J connectivity index is 2.99. The lowest BCUT2D eigenvalue weighted by molar-refractivity contribution is -0.150. The van der Waals surface area contributed by atoms with Gasteiger partial charge in [0.2, 0.25) is 0 Å². The number of halogens is 6. The lowest BCUT2D eigenvalue weighted by atomic mass is 9.90. The van der Waals surface area contributed by atoms with Crippen molar-refractivity contribution in [2.24, 2.45) is 0 Å². The summed E-state index contributed by atoms with van der Waals surface area (Å²) in [5.74, 6) is -3.42. The smallest absolute Gasteiger partial charge is 0.433 e. The van der Waals surface area contributed by atoms with E-state index in [2.05, 4.69) is 4.98 Å². The van der Waals surface area contributed by atoms with Crippen LogP contribution in [0.2, 0.25) is 0 Å². The van der Waals surface area contributed by atoms with Gasteiger partial charge in [-0.3, -0.25) is 0 Å². The highest BCUT2D eigenvalue weighted by Gasteiger charge is 2.39. The first kappa shape index (κ1) is 20.2. The average Bonchev–Trinajstić information content (AvgIpc) is 2.51. The molecule has 11 heteroatoms. The number of carbonyl (C=O) groups is 2. The molecule has 2 N–H and O–H groups in total. The number of hydrogen-bond donors (Lipinski definition) is 2. The number of rotatable bonds is 3. The van der Waals surface area contributed by atoms with Crippen LogP contribution in [-0.2, 0) is 12.4 Å². The molecular formula is C16H9F6NO4. The van der Waals surface area contributed by atoms with Gasteiger partial charge in [0, 0.05) is 5.56 Å². The van der Waals surface area contributed by atoms with Crippen LogP contribution in [0.3, 0.4) is 0 Å². The normalized spacial score (nSPS) is 12.1. The van der Waals surface area contributed by atoms with Gasteiger partial charge in [0.1, 0.15) is 11.4 Å². The third kappa shape index (κ3) is 4.01. The number of alkyl halides is 6. The van der Waals surface area contributed by atoms with E-state index in [1.807, 2.05) is 0 Å². The molecule has 0 amide bonds. The van der Waals surface area contributed by atoms with Gasteiger partial charge in [0.15, 0.2) is 0 Å². The van der Waals surface area contributed by atoms with Crippen LogP contribution in [0.4, 0.5) is 26.3 Å². The van der Waals surface area contributed by atoms with Gasteiger partial charge in [-0.2, -0.15) is 26.3 Å². The van der Waals surface area contributed by atoms with E-state index in [0.29, 0.717) is 0 Å². The zero-order chi connectivity index (χ0) is 20.7. The number of hydrogen-bond acceptors (Lipinski definition) is 3. The molecule has 0 atom stereocenters. The summed E-state index contributed by atoms with van der Waals surface area (Å²) >= 11 is 0. The number of pyridine rings is 1. The summed E-state index contributed by atoms with van der Waals surface area (Å²) in [4.78, 5) is 25.4. The van der Waals surface area contributed by atoms with E-state index in [4.69, 9.17) is 0 Å². The van der Waals surface area contributed by atoms with Gasteiger partial charge in [-0.05, 0) is 36.2 Å². The zero-order valence-corrected chi connectivity index (χ0v) is 13.2. The summed E-state index contributed by atoms with van der Waals surface area (Å²) in [5, 5.41) is 18.5. The van der Waals surface area contributed by atoms with E-state index in [9.17, 15) is 46.1 Å². The Bertz CT molecular complexity index is 901. The number of aromatic nitrogens is 1. The quantitative estimate of drug-likeness (QED) is 0.751. The van der Waals surface area contributed by atoms with E-state index in [1.54, 1.807) is 0 Å². The first-order valence-electron chi connectivity index (χ1n) is 7.00. The third-order valence-corrected chi connectivity index (χ3v) is 3.55. The van der Waals surface area contributed by atoms with Gasteiger partial charge in [0.25, 0.3) is 0 Å². The molecule has 0 unspecified atom stereocenters. The monoisotopic (exact) mass is 393 g/mol. The van der Waals surface area contributed by atoms with Crippen molar-refractivity contribution in [3.63, 3.8) is 0 Å². The number of aromatic carboxylic acids is 2. The summed E-state index contributed by atoms with van der Waals surface area (Å²) in [7, 11) is 0. The Morgan fingerprint density at radius 2 is 1.37 bits per heavy atom. The summed E-state index contributed by atoms with van der Waals surface area (Å²) in [6.45, 7) is 1.23. The number of nitrogens with zero attached hydrogens (tertiary/aromatic N) is 1. The molecule has 0 fully saturated rings. The molecule has 27 heavy (non-hydrogen) atoms. The first-order chi connectivity index (χ1) is 12.2. The summed E-state index contributed by atoms with van der Waals surface area (Å²) in [6.07, 6.45) is -10.5. The van der Waals surface area contributed by atoms with Crippen LogP contribution >= 0.6 is 0 Å². The fraction of sp³-hybridized carbons (Fsp3) is 0.188. The predicted molar refractivity (Wildman–Crippen MR) is 78.3 cm³/mol. The van der Waals surface area contributed by atoms with E-state index in [0.717, 1.165) is 12.1 Å². The van der Waals surface area contributed by atoms with Gasteiger partial charge in [0.05, 0.1) is 11.1 Å². The molecule has 0 saturated heterocycles. The number of carboxylic acids is 2. The average molecular weight is 393 g/mol. The number of benzene rings is 1. The minimum atomic E-state index is -5.27. The summed E-state index contributed by atoms with van der Waals surface area (Å²) < 4.78 is 77.9. The second-order valence-corrected chi connectivity index (χ2v) is 5.41. The van der Waals surface area contributed by atoms with Crippen LogP contribution in [0.1, 0.15) is 37.7 Å². The minimum absolute atomic E-state index is 0.0403. The standard InChI is InChI=1S/C16H9F6NO4/c1-6-2-3-8(13(24)25)12(11(6)14(26)27)7-4-9(15(17,18)19)23-10(5-7)16(20,21)22/h2-5H,1H3,(H,24,25)(H,26,27). The molecule has 1 aromatic heterocycles. The van der Waals surface area contributed by atoms with Gasteiger partial charge in [-0.1, -0.05) is 6.07 Å². The van der Waals surface area contributed by atoms with Crippen LogP contribution in [-0.4, -0.2) is 27.1 Å². The van der Waals surface area contributed by atoms with Gasteiger partial charge in [-0.15, -0.1) is 0 Å². The summed E-state index contributed by atoms with van der Waals surface area (Å²) in [5.41, 5.74) is -7.02. The van der Waals surface area contributed by atoms with E-state index in [1.165, 1.54) is 6.92 Å². The molecule has 0 bridgehead atoms. The SMILES string of the molecule is Cc1ccc(C(=O)O)c(-c2cc(C(F)(F)F)nc(C(F)(F)F)c2)c1C(=O)O. The molecule has 1 heterocycles. The largest absolute Gasteiger partial charge is 0.478 e. The lowest BCUT2D eigenvalue weighted by Gasteiger charge is -2.17. The molecule has 0 radical (unpaired) electrons. The fourth-order valence-electron chi connectivity index (χ4n) is 2.43. The van der Waals surface area contributed by atoms with Crippen molar-refractivity contribution < 1.29 is 46.1 Å². The summed E-state index contributed by atoms with van der Waals surface area (Å²) in [6, 6.07) is 2.36. The molecule has 1 aromatic carbocycles. The van der Waals surface area contributed by atoms with Crippen LogP contribution in [0.5, 0.6) is 0 Å². The molecule has 0 aliphatic heterocycles. The molecule has 144 valence electrons. The molecular weight excluding hydrogens is 384 g/mol. The number of aryl methyl sites for hydroxylation is 1. The predicted octanol–water partition coefficient (Wildman–Crippen LogP) is 4.49. The van der Waals surface area contributed by atoms with Crippen molar-refractivity contribution in [1.82, 2.24) is 4.98 Å². The molecule has 2 rings (SSSR count). The second-order valence-electron chi connectivity index (χ2n) is 5.41. The minimum Gasteiger partial charge on any atom is -0.478 e. The molecule has 0 aliphatic carbocycles. The van der Waals surface area contributed by atoms with Crippen molar-refractivity contribution in [1.29, 1.82) is 0 Å². The first-order valence-corrected chi connectivity index (χ1v) is 7.00. The Morgan fingerprint density at radius 1 is 0.889 bits per heavy atom. The highest BCUT2D eigenvalue weighted by Crippen LogP contribution is 2.38. The van der Waals surface area contributed by atoms with Gasteiger partial charge in [-0.25, -0.2) is 14.6 Å². The topological polar surface area (TPSA) is 87.5 Å². The fourth-order valence-corrected chi connectivity index (χ4v) is 2.43. The van der Waals surface area contributed by atoms with Crippen molar-refractivity contribution in [3.8, 4) is 11.1 Å². The Hall–Kier alpha value is -3.11. The highest BCUT2D eigenvalue weighted by atomic mass is 19.4. The van der Waals surface area contributed by atoms with Crippen LogP contribution in [0.25, 0.3) is 11.1 Å². The van der Waals surface area contributed by atoms with Crippen molar-refractivity contribution >= 4 is 11.9 Å². The molecule has 0 spiro atoms. The van der Waals surface area contributed by atoms with Crippen molar-refractivity contribution in [2.45, 2.75) is 19.3 Å². The highest BCUT2D eigenvalue weighted by molar-refractivity contribution is 6.05. The second kappa shape index (κ2) is 6.56. The van der Waals surface area contributed by atoms with Crippen LogP contribution in [0, 0.1) is 6.92 Å². The lowest BCUT2D eigenvalue weighted by Crippen LogP contribution is -2.16. The molecule has 0 aliphatic rings. The van der Waals surface area contributed by atoms with Crippen molar-refractivity contribution in [3.05, 3.63) is 52.3 Å². The Labute approximate surface area is 146 Å². The molecule has 2 aromatic rings. The molecule has 5 nitrogen and oxygen atoms in total. The van der Waals surface area contributed by atoms with E-state index < -0.39 is 57.9 Å². The van der Waals surface area contributed by atoms with Crippen LogP contribution in [0.15, 0.2) is 24.3 Å². The van der Waals surface area contributed by atoms with E-state index in [-0.39, 0.29) is 17.7 Å². The zero-order valence-electron chi connectivity index (χ0n) is 13.2. The van der Waals surface area contributed by atoms with Gasteiger partial charge < -0.3 is 10.2 Å². The maximum absolute atomic E-state index is 13.0. The third-order valence-electron chi connectivity index (χ3n) is 3.55. The maximum atomic E-state index is 13.0.